The molecule has 594 valence electrons. The second-order valence-electron chi connectivity index (χ2n) is 30.6. The van der Waals surface area contributed by atoms with Gasteiger partial charge in [-0.2, -0.15) is 0 Å². The van der Waals surface area contributed by atoms with Gasteiger partial charge in [0.15, 0.2) is 12.2 Å². The van der Waals surface area contributed by atoms with Gasteiger partial charge in [-0.3, -0.25) is 37.3 Å². The molecule has 0 bridgehead atoms. The molecule has 0 aromatic carbocycles. The Morgan fingerprint density at radius 1 is 0.270 bits per heavy atom. The van der Waals surface area contributed by atoms with Gasteiger partial charge in [0.25, 0.3) is 0 Å². The van der Waals surface area contributed by atoms with Crippen LogP contribution >= 0.6 is 15.6 Å². The second kappa shape index (κ2) is 71.3. The number of esters is 4. The summed E-state index contributed by atoms with van der Waals surface area (Å²) in [6.07, 6.45) is 59.6. The third-order valence-corrected chi connectivity index (χ3v) is 20.8. The van der Waals surface area contributed by atoms with E-state index in [0.29, 0.717) is 25.7 Å². The summed E-state index contributed by atoms with van der Waals surface area (Å²) in [5, 5.41) is 10.6. The lowest BCUT2D eigenvalue weighted by Crippen LogP contribution is -2.30. The van der Waals surface area contributed by atoms with Crippen LogP contribution in [0.5, 0.6) is 0 Å². The average Bonchev–Trinajstić information content (AvgIpc) is 1.04. The minimum absolute atomic E-state index is 0.107. The molecule has 0 heterocycles. The lowest BCUT2D eigenvalue weighted by atomic mass is 10.0. The Bertz CT molecular complexity index is 1940. The van der Waals surface area contributed by atoms with Gasteiger partial charge >= 0.3 is 39.5 Å². The molecule has 5 atom stereocenters. The Kier molecular flexibility index (Phi) is 69.9. The standard InChI is InChI=1S/C81H158O17P2/c1-8-9-10-11-12-13-34-41-48-55-62-78(83)91-68-76(98-81(86)65-58-51-44-37-30-24-27-33-40-47-54-61-74(6)7)70-95-99(87,88)93-66-75(82)67-94-100(89,90)96-71-77(97-80(85)64-57-50-43-36-29-23-19-15-17-21-26-32-39-46-53-60-73(4)5)69-92-79(84)63-56-49-42-35-28-22-18-14-16-20-25-31-38-45-52-59-72(2)3/h72-77,82H,8-71H2,1-7H3,(H,87,88)(H,89,90)/t75-,76+,77+/m0/s1. The Morgan fingerprint density at radius 3 is 0.680 bits per heavy atom. The van der Waals surface area contributed by atoms with Gasteiger partial charge in [0, 0.05) is 25.7 Å². The minimum atomic E-state index is -4.96. The number of phosphoric acid groups is 2. The summed E-state index contributed by atoms with van der Waals surface area (Å²) in [5.74, 6) is 0.264. The van der Waals surface area contributed by atoms with Crippen molar-refractivity contribution in [2.75, 3.05) is 39.6 Å². The molecule has 0 aliphatic rings. The van der Waals surface area contributed by atoms with E-state index in [4.69, 9.17) is 37.0 Å². The number of carbonyl (C=O) groups is 4. The van der Waals surface area contributed by atoms with Crippen molar-refractivity contribution in [3.63, 3.8) is 0 Å². The fourth-order valence-corrected chi connectivity index (χ4v) is 14.1. The van der Waals surface area contributed by atoms with Crippen molar-refractivity contribution in [2.24, 2.45) is 17.8 Å². The summed E-state index contributed by atoms with van der Waals surface area (Å²) < 4.78 is 68.7. The zero-order valence-corrected chi connectivity index (χ0v) is 67.5. The van der Waals surface area contributed by atoms with Crippen molar-refractivity contribution in [3.8, 4) is 0 Å². The second-order valence-corrected chi connectivity index (χ2v) is 33.5. The molecule has 17 nitrogen and oxygen atoms in total. The van der Waals surface area contributed by atoms with E-state index < -0.39 is 97.5 Å². The van der Waals surface area contributed by atoms with Crippen molar-refractivity contribution >= 4 is 39.5 Å². The number of aliphatic hydroxyl groups excluding tert-OH is 1. The third kappa shape index (κ3) is 74.3. The predicted octanol–water partition coefficient (Wildman–Crippen LogP) is 24.1. The first-order valence-corrected chi connectivity index (χ1v) is 44.8. The summed E-state index contributed by atoms with van der Waals surface area (Å²) in [6, 6.07) is 0. The maximum atomic E-state index is 13.1. The Morgan fingerprint density at radius 2 is 0.460 bits per heavy atom. The molecule has 0 rings (SSSR count). The zero-order valence-electron chi connectivity index (χ0n) is 65.7. The monoisotopic (exact) mass is 1470 g/mol. The van der Waals surface area contributed by atoms with E-state index in [-0.39, 0.29) is 25.7 Å². The fourth-order valence-electron chi connectivity index (χ4n) is 12.5. The van der Waals surface area contributed by atoms with Crippen LogP contribution in [0.2, 0.25) is 0 Å². The maximum absolute atomic E-state index is 13.1. The highest BCUT2D eigenvalue weighted by Crippen LogP contribution is 2.45. The first kappa shape index (κ1) is 98.1. The van der Waals surface area contributed by atoms with Crippen molar-refractivity contribution in [2.45, 2.75) is 439 Å². The van der Waals surface area contributed by atoms with Crippen LogP contribution in [0.1, 0.15) is 421 Å². The third-order valence-electron chi connectivity index (χ3n) is 18.9. The molecule has 0 aromatic heterocycles. The molecule has 100 heavy (non-hydrogen) atoms. The lowest BCUT2D eigenvalue weighted by molar-refractivity contribution is -0.161. The highest BCUT2D eigenvalue weighted by Gasteiger charge is 2.30. The SMILES string of the molecule is CCCCCCCCCCCCC(=O)OC[C@H](COP(=O)(O)OC[C@H](O)COP(=O)(O)OC[C@@H](COC(=O)CCCCCCCCCCCCCCCCCC(C)C)OC(=O)CCCCCCCCCCCCCCCCCC(C)C)OC(=O)CCCCCCCCCCCCCC(C)C. The Hall–Kier alpha value is -1.94. The molecule has 2 unspecified atom stereocenters. The Labute approximate surface area is 613 Å². The van der Waals surface area contributed by atoms with Gasteiger partial charge in [-0.25, -0.2) is 9.13 Å². The summed E-state index contributed by atoms with van der Waals surface area (Å²) in [5.41, 5.74) is 0. The highest BCUT2D eigenvalue weighted by molar-refractivity contribution is 7.47. The summed E-state index contributed by atoms with van der Waals surface area (Å²) in [7, 11) is -9.92. The predicted molar refractivity (Wildman–Crippen MR) is 409 cm³/mol. The van der Waals surface area contributed by atoms with E-state index in [1.54, 1.807) is 0 Å². The first-order valence-electron chi connectivity index (χ1n) is 41.8. The summed E-state index contributed by atoms with van der Waals surface area (Å²) >= 11 is 0. The lowest BCUT2D eigenvalue weighted by Gasteiger charge is -2.21. The molecular weight excluding hydrogens is 1310 g/mol. The summed E-state index contributed by atoms with van der Waals surface area (Å²) in [6.45, 7) is 12.0. The van der Waals surface area contributed by atoms with Gasteiger partial charge in [0.1, 0.15) is 19.3 Å². The number of rotatable bonds is 79. The van der Waals surface area contributed by atoms with Crippen LogP contribution in [0.25, 0.3) is 0 Å². The van der Waals surface area contributed by atoms with Crippen molar-refractivity contribution < 1.29 is 80.2 Å². The molecule has 0 aliphatic carbocycles. The zero-order chi connectivity index (χ0) is 73.7. The van der Waals surface area contributed by atoms with Crippen LogP contribution in [0.3, 0.4) is 0 Å². The van der Waals surface area contributed by atoms with Crippen LogP contribution in [0.15, 0.2) is 0 Å². The molecule has 3 N–H and O–H groups in total. The molecular formula is C81H158O17P2. The van der Waals surface area contributed by atoms with Crippen LogP contribution in [-0.2, 0) is 65.4 Å². The number of phosphoric ester groups is 2. The van der Waals surface area contributed by atoms with Gasteiger partial charge in [-0.05, 0) is 43.4 Å². The maximum Gasteiger partial charge on any atom is 0.472 e. The largest absolute Gasteiger partial charge is 0.472 e. The molecule has 0 radical (unpaired) electrons. The molecule has 0 aliphatic heterocycles. The minimum Gasteiger partial charge on any atom is -0.462 e. The smallest absolute Gasteiger partial charge is 0.462 e. The molecule has 0 amide bonds. The molecule has 0 fully saturated rings. The Balaban J connectivity index is 5.24. The van der Waals surface area contributed by atoms with E-state index in [9.17, 15) is 43.2 Å². The number of carbonyl (C=O) groups excluding carboxylic acids is 4. The highest BCUT2D eigenvalue weighted by atomic mass is 31.2. The van der Waals surface area contributed by atoms with Crippen molar-refractivity contribution in [1.82, 2.24) is 0 Å². The van der Waals surface area contributed by atoms with Gasteiger partial charge in [-0.1, -0.05) is 370 Å². The summed E-state index contributed by atoms with van der Waals surface area (Å²) in [4.78, 5) is 73.0. The molecule has 0 aromatic rings. The van der Waals surface area contributed by atoms with Crippen LogP contribution < -0.4 is 0 Å². The van der Waals surface area contributed by atoms with Crippen LogP contribution in [0.4, 0.5) is 0 Å². The van der Waals surface area contributed by atoms with Crippen molar-refractivity contribution in [1.29, 1.82) is 0 Å². The van der Waals surface area contributed by atoms with Gasteiger partial charge in [0.05, 0.1) is 26.4 Å². The average molecular weight is 1470 g/mol. The number of hydrogen-bond acceptors (Lipinski definition) is 15. The molecule has 0 saturated carbocycles. The van der Waals surface area contributed by atoms with Gasteiger partial charge in [0.2, 0.25) is 0 Å². The molecule has 19 heteroatoms. The quantitative estimate of drug-likeness (QED) is 0.0222. The van der Waals surface area contributed by atoms with E-state index in [1.165, 1.54) is 231 Å². The number of hydrogen-bond donors (Lipinski definition) is 3. The topological polar surface area (TPSA) is 237 Å². The van der Waals surface area contributed by atoms with Crippen LogP contribution in [-0.4, -0.2) is 96.7 Å². The van der Waals surface area contributed by atoms with Gasteiger partial charge < -0.3 is 33.8 Å². The van der Waals surface area contributed by atoms with Gasteiger partial charge in [-0.15, -0.1) is 0 Å². The number of aliphatic hydroxyl groups is 1. The normalized spacial score (nSPS) is 14.0. The molecule has 0 saturated heterocycles. The number of unbranched alkanes of at least 4 members (excludes halogenated alkanes) is 47. The van der Waals surface area contributed by atoms with Crippen LogP contribution in [0, 0.1) is 17.8 Å². The molecule has 0 spiro atoms. The fraction of sp³-hybridized carbons (Fsp3) is 0.951. The van der Waals surface area contributed by atoms with E-state index >= 15 is 0 Å². The van der Waals surface area contributed by atoms with E-state index in [0.717, 1.165) is 108 Å². The van der Waals surface area contributed by atoms with Crippen molar-refractivity contribution in [3.05, 3.63) is 0 Å². The van der Waals surface area contributed by atoms with E-state index in [1.807, 2.05) is 0 Å². The number of ether oxygens (including phenoxy) is 4. The van der Waals surface area contributed by atoms with E-state index in [2.05, 4.69) is 48.5 Å². The first-order chi connectivity index (χ1) is 48.2.